The minimum absolute atomic E-state index is 0.108. The lowest BCUT2D eigenvalue weighted by Gasteiger charge is -2.14. The van der Waals surface area contributed by atoms with E-state index >= 15 is 0 Å². The van der Waals surface area contributed by atoms with E-state index in [2.05, 4.69) is 0 Å². The molecule has 2 aromatic rings. The van der Waals surface area contributed by atoms with Crippen LogP contribution < -0.4 is 17.0 Å². The molecular formula is C14H17N3O4S. The van der Waals surface area contributed by atoms with E-state index in [1.165, 1.54) is 25.9 Å². The van der Waals surface area contributed by atoms with Gasteiger partial charge in [-0.25, -0.2) is 4.79 Å². The quantitative estimate of drug-likeness (QED) is 0.816. The zero-order valence-electron chi connectivity index (χ0n) is 12.5. The van der Waals surface area contributed by atoms with Gasteiger partial charge in [0.05, 0.1) is 17.3 Å². The van der Waals surface area contributed by atoms with Crippen LogP contribution in [0.2, 0.25) is 0 Å². The van der Waals surface area contributed by atoms with Crippen LogP contribution in [-0.4, -0.2) is 20.2 Å². The van der Waals surface area contributed by atoms with Crippen LogP contribution in [0.4, 0.5) is 5.82 Å². The fourth-order valence-corrected chi connectivity index (χ4v) is 2.82. The fourth-order valence-electron chi connectivity index (χ4n) is 1.97. The summed E-state index contributed by atoms with van der Waals surface area (Å²) in [6, 6.07) is 3.58. The van der Waals surface area contributed by atoms with Gasteiger partial charge in [-0.05, 0) is 19.1 Å². The normalized spacial score (nSPS) is 12.3. The number of rotatable bonds is 5. The second kappa shape index (κ2) is 6.27. The van der Waals surface area contributed by atoms with Crippen LogP contribution in [0.25, 0.3) is 0 Å². The molecule has 0 aliphatic carbocycles. The summed E-state index contributed by atoms with van der Waals surface area (Å²) in [5.74, 6) is 0.742. The SMILES string of the molecule is CC(SCc1ccco1)C(=O)c1c(N)n(C)c(=O)n(C)c1=O. The summed E-state index contributed by atoms with van der Waals surface area (Å²) in [5.41, 5.74) is 4.40. The highest BCUT2D eigenvalue weighted by atomic mass is 32.2. The van der Waals surface area contributed by atoms with E-state index < -0.39 is 22.3 Å². The molecule has 0 fully saturated rings. The number of hydrogen-bond acceptors (Lipinski definition) is 6. The number of aromatic nitrogens is 2. The summed E-state index contributed by atoms with van der Waals surface area (Å²) in [7, 11) is 2.75. The monoisotopic (exact) mass is 323 g/mol. The molecule has 0 aliphatic heterocycles. The number of nitrogens with zero attached hydrogens (tertiary/aromatic N) is 2. The van der Waals surface area contributed by atoms with Crippen molar-refractivity contribution >= 4 is 23.4 Å². The number of nitrogen functional groups attached to an aromatic ring is 1. The number of Topliss-reactive ketones (excluding diaryl/α,β-unsaturated/α-hetero) is 1. The molecule has 0 radical (unpaired) electrons. The number of hydrogen-bond donors (Lipinski definition) is 1. The third-order valence-electron chi connectivity index (χ3n) is 3.38. The van der Waals surface area contributed by atoms with E-state index in [0.717, 1.165) is 14.9 Å². The van der Waals surface area contributed by atoms with Gasteiger partial charge < -0.3 is 10.2 Å². The molecule has 0 amide bonds. The standard InChI is InChI=1S/C14H17N3O4S/c1-8(22-7-9-5-4-6-21-9)11(18)10-12(15)16(2)14(20)17(3)13(10)19/h4-6,8H,7,15H2,1-3H3. The van der Waals surface area contributed by atoms with Gasteiger partial charge in [0, 0.05) is 14.1 Å². The Bertz CT molecular complexity index is 805. The van der Waals surface area contributed by atoms with Crippen LogP contribution in [0, 0.1) is 0 Å². The molecule has 2 rings (SSSR count). The smallest absolute Gasteiger partial charge is 0.332 e. The van der Waals surface area contributed by atoms with Gasteiger partial charge in [0.2, 0.25) is 0 Å². The van der Waals surface area contributed by atoms with Crippen LogP contribution in [0.1, 0.15) is 23.0 Å². The molecule has 0 spiro atoms. The summed E-state index contributed by atoms with van der Waals surface area (Å²) >= 11 is 1.34. The van der Waals surface area contributed by atoms with Gasteiger partial charge in [0.25, 0.3) is 5.56 Å². The Morgan fingerprint density at radius 1 is 1.36 bits per heavy atom. The summed E-state index contributed by atoms with van der Waals surface area (Å²) in [6.45, 7) is 1.69. The molecule has 118 valence electrons. The largest absolute Gasteiger partial charge is 0.468 e. The first-order valence-electron chi connectivity index (χ1n) is 6.58. The maximum atomic E-state index is 12.5. The van der Waals surface area contributed by atoms with Gasteiger partial charge >= 0.3 is 5.69 Å². The Hall–Kier alpha value is -2.22. The van der Waals surface area contributed by atoms with E-state index in [1.54, 1.807) is 19.3 Å². The summed E-state index contributed by atoms with van der Waals surface area (Å²) < 4.78 is 7.18. The molecule has 2 heterocycles. The number of ketones is 1. The Morgan fingerprint density at radius 3 is 2.64 bits per heavy atom. The molecule has 22 heavy (non-hydrogen) atoms. The van der Waals surface area contributed by atoms with Gasteiger partial charge in [0.15, 0.2) is 5.78 Å². The van der Waals surface area contributed by atoms with Crippen molar-refractivity contribution in [3.8, 4) is 0 Å². The number of carbonyl (C=O) groups excluding carboxylic acids is 1. The van der Waals surface area contributed by atoms with Crippen LogP contribution in [0.5, 0.6) is 0 Å². The molecule has 1 atom stereocenters. The summed E-state index contributed by atoms with van der Waals surface area (Å²) in [4.78, 5) is 36.4. The van der Waals surface area contributed by atoms with Crippen molar-refractivity contribution in [1.82, 2.24) is 9.13 Å². The molecular weight excluding hydrogens is 306 g/mol. The molecule has 2 N–H and O–H groups in total. The van der Waals surface area contributed by atoms with E-state index in [1.807, 2.05) is 6.07 Å². The lowest BCUT2D eigenvalue weighted by Crippen LogP contribution is -2.42. The topological polar surface area (TPSA) is 100 Å². The van der Waals surface area contributed by atoms with Crippen molar-refractivity contribution in [3.05, 3.63) is 50.6 Å². The molecule has 7 nitrogen and oxygen atoms in total. The minimum atomic E-state index is -0.670. The van der Waals surface area contributed by atoms with Crippen LogP contribution in [0.3, 0.4) is 0 Å². The molecule has 0 saturated carbocycles. The Balaban J connectivity index is 2.29. The number of carbonyl (C=O) groups is 1. The second-order valence-electron chi connectivity index (χ2n) is 4.86. The lowest BCUT2D eigenvalue weighted by atomic mass is 10.1. The predicted molar refractivity (Wildman–Crippen MR) is 85.1 cm³/mol. The highest BCUT2D eigenvalue weighted by Gasteiger charge is 2.25. The number of thioether (sulfide) groups is 1. The first-order chi connectivity index (χ1) is 10.3. The zero-order valence-corrected chi connectivity index (χ0v) is 13.3. The van der Waals surface area contributed by atoms with Crippen molar-refractivity contribution in [2.24, 2.45) is 14.1 Å². The van der Waals surface area contributed by atoms with Crippen LogP contribution >= 0.6 is 11.8 Å². The van der Waals surface area contributed by atoms with E-state index in [-0.39, 0.29) is 11.4 Å². The van der Waals surface area contributed by atoms with Crippen LogP contribution in [0.15, 0.2) is 32.4 Å². The van der Waals surface area contributed by atoms with Crippen molar-refractivity contribution in [3.63, 3.8) is 0 Å². The molecule has 0 aromatic carbocycles. The molecule has 0 saturated heterocycles. The average molecular weight is 323 g/mol. The van der Waals surface area contributed by atoms with Gasteiger partial charge in [-0.15, -0.1) is 11.8 Å². The molecule has 0 bridgehead atoms. The molecule has 1 unspecified atom stereocenters. The fraction of sp³-hybridized carbons (Fsp3) is 0.357. The Kier molecular flexibility index (Phi) is 4.60. The zero-order chi connectivity index (χ0) is 16.4. The molecule has 2 aromatic heterocycles. The number of nitrogens with two attached hydrogens (primary N) is 1. The third kappa shape index (κ3) is 2.87. The first kappa shape index (κ1) is 16.2. The molecule has 0 aliphatic rings. The summed E-state index contributed by atoms with van der Waals surface area (Å²) in [6.07, 6.45) is 1.56. The Labute approximate surface area is 130 Å². The molecule has 8 heteroatoms. The third-order valence-corrected chi connectivity index (χ3v) is 4.55. The van der Waals surface area contributed by atoms with E-state index in [4.69, 9.17) is 10.2 Å². The lowest BCUT2D eigenvalue weighted by molar-refractivity contribution is 0.0992. The second-order valence-corrected chi connectivity index (χ2v) is 6.19. The maximum absolute atomic E-state index is 12.5. The minimum Gasteiger partial charge on any atom is -0.468 e. The van der Waals surface area contributed by atoms with Crippen molar-refractivity contribution in [1.29, 1.82) is 0 Å². The highest BCUT2D eigenvalue weighted by molar-refractivity contribution is 7.99. The van der Waals surface area contributed by atoms with Gasteiger partial charge in [-0.1, -0.05) is 0 Å². The van der Waals surface area contributed by atoms with Gasteiger partial charge in [-0.3, -0.25) is 18.7 Å². The number of furan rings is 1. The van der Waals surface area contributed by atoms with E-state index in [0.29, 0.717) is 5.75 Å². The number of anilines is 1. The average Bonchev–Trinajstić information content (AvgIpc) is 3.02. The van der Waals surface area contributed by atoms with Gasteiger partial charge in [-0.2, -0.15) is 0 Å². The van der Waals surface area contributed by atoms with Crippen LogP contribution in [-0.2, 0) is 19.8 Å². The van der Waals surface area contributed by atoms with Crippen molar-refractivity contribution in [2.45, 2.75) is 17.9 Å². The van der Waals surface area contributed by atoms with E-state index in [9.17, 15) is 14.4 Å². The van der Waals surface area contributed by atoms with Crippen molar-refractivity contribution < 1.29 is 9.21 Å². The van der Waals surface area contributed by atoms with Gasteiger partial charge in [0.1, 0.15) is 17.1 Å². The Morgan fingerprint density at radius 2 is 2.05 bits per heavy atom. The van der Waals surface area contributed by atoms with Crippen molar-refractivity contribution in [2.75, 3.05) is 5.73 Å². The first-order valence-corrected chi connectivity index (χ1v) is 7.63. The summed E-state index contributed by atoms with van der Waals surface area (Å²) in [5, 5.41) is -0.488. The highest BCUT2D eigenvalue weighted by Crippen LogP contribution is 2.21. The predicted octanol–water partition coefficient (Wildman–Crippen LogP) is 0.764. The maximum Gasteiger partial charge on any atom is 0.332 e.